The minimum absolute atomic E-state index is 0.0333. The molecule has 0 bridgehead atoms. The van der Waals surface area contributed by atoms with E-state index >= 15 is 0 Å². The Bertz CT molecular complexity index is 330. The molecule has 0 unspecified atom stereocenters. The molecule has 0 radical (unpaired) electrons. The Morgan fingerprint density at radius 2 is 2.12 bits per heavy atom. The minimum Gasteiger partial charge on any atom is -0.337 e. The number of carbonyl (C=O) groups is 2. The molecule has 1 saturated heterocycles. The van der Waals surface area contributed by atoms with Gasteiger partial charge in [0.25, 0.3) is 0 Å². The molecule has 17 heavy (non-hydrogen) atoms. The molecule has 0 aromatic heterocycles. The molecule has 1 aliphatic heterocycles. The topological polar surface area (TPSA) is 61.4 Å². The Hall–Kier alpha value is -1.26. The number of hydrogen-bond donors (Lipinski definition) is 2. The normalized spacial score (nSPS) is 31.9. The van der Waals surface area contributed by atoms with Crippen molar-refractivity contribution < 1.29 is 9.59 Å². The van der Waals surface area contributed by atoms with E-state index in [9.17, 15) is 9.59 Å². The molecule has 96 valence electrons. The number of urea groups is 1. The van der Waals surface area contributed by atoms with Crippen molar-refractivity contribution in [2.75, 3.05) is 6.54 Å². The van der Waals surface area contributed by atoms with Crippen molar-refractivity contribution in [1.29, 1.82) is 0 Å². The number of carbonyl (C=O) groups excluding carboxylic acids is 2. The standard InChI is InChI=1S/C12H21N3O2/c1-7(2)13-12(17)14-9-5-11(16)15(6-9)10-4-8(10)3/h7-10H,4-6H2,1-3H3,(H2,13,14,17)/t8-,9+,10-/m0/s1. The summed E-state index contributed by atoms with van der Waals surface area (Å²) in [7, 11) is 0. The lowest BCUT2D eigenvalue weighted by Crippen LogP contribution is -2.45. The molecule has 0 aromatic rings. The lowest BCUT2D eigenvalue weighted by molar-refractivity contribution is -0.128. The molecule has 1 aliphatic carbocycles. The zero-order valence-corrected chi connectivity index (χ0v) is 10.7. The maximum absolute atomic E-state index is 11.8. The monoisotopic (exact) mass is 239 g/mol. The summed E-state index contributed by atoms with van der Waals surface area (Å²) in [4.78, 5) is 25.2. The van der Waals surface area contributed by atoms with E-state index in [1.54, 1.807) is 0 Å². The second-order valence-electron chi connectivity index (χ2n) is 5.50. The van der Waals surface area contributed by atoms with E-state index in [0.29, 0.717) is 24.9 Å². The van der Waals surface area contributed by atoms with Crippen molar-refractivity contribution in [3.8, 4) is 0 Å². The summed E-state index contributed by atoms with van der Waals surface area (Å²) >= 11 is 0. The highest BCUT2D eigenvalue weighted by Gasteiger charge is 2.44. The predicted molar refractivity (Wildman–Crippen MR) is 64.5 cm³/mol. The first-order valence-electron chi connectivity index (χ1n) is 6.34. The molecule has 3 atom stereocenters. The van der Waals surface area contributed by atoms with Gasteiger partial charge in [0.15, 0.2) is 0 Å². The maximum atomic E-state index is 11.8. The quantitative estimate of drug-likeness (QED) is 0.761. The number of rotatable bonds is 3. The first kappa shape index (κ1) is 12.2. The van der Waals surface area contributed by atoms with Crippen molar-refractivity contribution >= 4 is 11.9 Å². The molecule has 5 nitrogen and oxygen atoms in total. The highest BCUT2D eigenvalue weighted by molar-refractivity contribution is 5.82. The maximum Gasteiger partial charge on any atom is 0.315 e. The van der Waals surface area contributed by atoms with Gasteiger partial charge < -0.3 is 15.5 Å². The van der Waals surface area contributed by atoms with E-state index in [1.807, 2.05) is 18.7 Å². The molecule has 2 rings (SSSR count). The van der Waals surface area contributed by atoms with Gasteiger partial charge in [-0.25, -0.2) is 4.79 Å². The molecule has 2 fully saturated rings. The Kier molecular flexibility index (Phi) is 3.26. The molecular formula is C12H21N3O2. The average Bonchev–Trinajstić information content (AvgIpc) is 2.78. The highest BCUT2D eigenvalue weighted by atomic mass is 16.2. The highest BCUT2D eigenvalue weighted by Crippen LogP contribution is 2.37. The lowest BCUT2D eigenvalue weighted by atomic mass is 10.2. The first-order valence-corrected chi connectivity index (χ1v) is 6.34. The van der Waals surface area contributed by atoms with Gasteiger partial charge in [0.1, 0.15) is 0 Å². The Morgan fingerprint density at radius 1 is 1.47 bits per heavy atom. The van der Waals surface area contributed by atoms with Crippen molar-refractivity contribution in [3.63, 3.8) is 0 Å². The zero-order chi connectivity index (χ0) is 12.6. The van der Waals surface area contributed by atoms with Crippen LogP contribution in [0.2, 0.25) is 0 Å². The number of amides is 3. The zero-order valence-electron chi connectivity index (χ0n) is 10.7. The van der Waals surface area contributed by atoms with Crippen LogP contribution in [0.1, 0.15) is 33.6 Å². The molecule has 0 aromatic carbocycles. The van der Waals surface area contributed by atoms with Crippen LogP contribution in [-0.4, -0.2) is 41.5 Å². The summed E-state index contributed by atoms with van der Waals surface area (Å²) in [6.45, 7) is 6.65. The van der Waals surface area contributed by atoms with Gasteiger partial charge in [-0.05, 0) is 26.2 Å². The largest absolute Gasteiger partial charge is 0.337 e. The van der Waals surface area contributed by atoms with Crippen LogP contribution in [0.5, 0.6) is 0 Å². The van der Waals surface area contributed by atoms with Crippen molar-refractivity contribution in [2.24, 2.45) is 5.92 Å². The number of hydrogen-bond acceptors (Lipinski definition) is 2. The first-order chi connectivity index (χ1) is 7.97. The van der Waals surface area contributed by atoms with Gasteiger partial charge in [-0.15, -0.1) is 0 Å². The molecule has 0 spiro atoms. The van der Waals surface area contributed by atoms with Crippen LogP contribution in [0.25, 0.3) is 0 Å². The molecule has 2 aliphatic rings. The van der Waals surface area contributed by atoms with Crippen molar-refractivity contribution in [1.82, 2.24) is 15.5 Å². The second kappa shape index (κ2) is 4.55. The molecular weight excluding hydrogens is 218 g/mol. The fourth-order valence-electron chi connectivity index (χ4n) is 2.37. The number of nitrogens with one attached hydrogen (secondary N) is 2. The smallest absolute Gasteiger partial charge is 0.315 e. The van der Waals surface area contributed by atoms with Gasteiger partial charge in [0.2, 0.25) is 5.91 Å². The summed E-state index contributed by atoms with van der Waals surface area (Å²) < 4.78 is 0. The molecule has 2 N–H and O–H groups in total. The SMILES string of the molecule is CC(C)NC(=O)N[C@@H]1CC(=O)N([C@H]2C[C@@H]2C)C1. The average molecular weight is 239 g/mol. The summed E-state index contributed by atoms with van der Waals surface area (Å²) in [5, 5.41) is 5.63. The third kappa shape index (κ3) is 2.90. The summed E-state index contributed by atoms with van der Waals surface area (Å²) in [5.74, 6) is 0.802. The minimum atomic E-state index is -0.177. The van der Waals surface area contributed by atoms with Crippen molar-refractivity contribution in [2.45, 2.75) is 51.7 Å². The van der Waals surface area contributed by atoms with Crippen LogP contribution in [-0.2, 0) is 4.79 Å². The van der Waals surface area contributed by atoms with E-state index in [0.717, 1.165) is 6.42 Å². The molecule has 1 saturated carbocycles. The van der Waals surface area contributed by atoms with Crippen LogP contribution >= 0.6 is 0 Å². The summed E-state index contributed by atoms with van der Waals surface area (Å²) in [5.41, 5.74) is 0. The van der Waals surface area contributed by atoms with E-state index in [-0.39, 0.29) is 24.0 Å². The summed E-state index contributed by atoms with van der Waals surface area (Å²) in [6.07, 6.45) is 1.55. The molecule has 5 heteroatoms. The third-order valence-corrected chi connectivity index (χ3v) is 3.38. The lowest BCUT2D eigenvalue weighted by Gasteiger charge is -2.17. The van der Waals surface area contributed by atoms with Crippen LogP contribution in [0.4, 0.5) is 4.79 Å². The van der Waals surface area contributed by atoms with Crippen LogP contribution in [0.3, 0.4) is 0 Å². The van der Waals surface area contributed by atoms with E-state index < -0.39 is 0 Å². The third-order valence-electron chi connectivity index (χ3n) is 3.38. The van der Waals surface area contributed by atoms with E-state index in [4.69, 9.17) is 0 Å². The Labute approximate surface area is 102 Å². The Morgan fingerprint density at radius 3 is 2.65 bits per heavy atom. The summed E-state index contributed by atoms with van der Waals surface area (Å²) in [6, 6.07) is 0.326. The number of likely N-dealkylation sites (tertiary alicyclic amines) is 1. The Balaban J connectivity index is 1.80. The van der Waals surface area contributed by atoms with Gasteiger partial charge >= 0.3 is 6.03 Å². The molecule has 1 heterocycles. The van der Waals surface area contributed by atoms with Gasteiger partial charge in [0.05, 0.1) is 6.04 Å². The van der Waals surface area contributed by atoms with Crippen molar-refractivity contribution in [3.05, 3.63) is 0 Å². The number of nitrogens with zero attached hydrogens (tertiary/aromatic N) is 1. The van der Waals surface area contributed by atoms with Gasteiger partial charge in [-0.1, -0.05) is 6.92 Å². The van der Waals surface area contributed by atoms with Crippen LogP contribution in [0, 0.1) is 5.92 Å². The van der Waals surface area contributed by atoms with Gasteiger partial charge in [-0.3, -0.25) is 4.79 Å². The van der Waals surface area contributed by atoms with Crippen LogP contribution < -0.4 is 10.6 Å². The fourth-order valence-corrected chi connectivity index (χ4v) is 2.37. The predicted octanol–water partition coefficient (Wildman–Crippen LogP) is 0.703. The fraction of sp³-hybridized carbons (Fsp3) is 0.833. The molecule has 3 amide bonds. The van der Waals surface area contributed by atoms with E-state index in [1.165, 1.54) is 0 Å². The van der Waals surface area contributed by atoms with Crippen LogP contribution in [0.15, 0.2) is 0 Å². The van der Waals surface area contributed by atoms with E-state index in [2.05, 4.69) is 17.6 Å². The van der Waals surface area contributed by atoms with Gasteiger partial charge in [0, 0.05) is 25.0 Å². The van der Waals surface area contributed by atoms with Gasteiger partial charge in [-0.2, -0.15) is 0 Å². The second-order valence-corrected chi connectivity index (χ2v) is 5.50.